The van der Waals surface area contributed by atoms with Gasteiger partial charge in [-0.1, -0.05) is 0 Å². The molecule has 0 spiro atoms. The molecule has 5 heteroatoms. The van der Waals surface area contributed by atoms with Crippen LogP contribution in [0.3, 0.4) is 0 Å². The summed E-state index contributed by atoms with van der Waals surface area (Å²) in [5.41, 5.74) is -2.29. The number of nitriles is 1. The molecule has 0 fully saturated rings. The van der Waals surface area contributed by atoms with E-state index >= 15 is 0 Å². The molecule has 1 unspecified atom stereocenters. The molecule has 0 bridgehead atoms. The van der Waals surface area contributed by atoms with Crippen molar-refractivity contribution in [1.29, 1.82) is 5.26 Å². The Labute approximate surface area is 55.9 Å². The van der Waals surface area contributed by atoms with Gasteiger partial charge in [-0.3, -0.25) is 0 Å². The average Bonchev–Trinajstić information content (AvgIpc) is 1.60. The summed E-state index contributed by atoms with van der Waals surface area (Å²) in [7, 11) is 0. The van der Waals surface area contributed by atoms with Crippen molar-refractivity contribution in [3.63, 3.8) is 0 Å². The van der Waals surface area contributed by atoms with Gasteiger partial charge in [-0.25, -0.2) is 0 Å². The van der Waals surface area contributed by atoms with Crippen molar-refractivity contribution in [3.05, 3.63) is 0 Å². The lowest BCUT2D eigenvalue weighted by Gasteiger charge is -2.15. The molecule has 0 aromatic heterocycles. The summed E-state index contributed by atoms with van der Waals surface area (Å²) in [6, 6.07) is 1.13. The summed E-state index contributed by atoms with van der Waals surface area (Å²) < 4.78 is 34.3. The largest absolute Gasteiger partial charge is 0.392 e. The third-order valence-corrected chi connectivity index (χ3v) is 0.786. The molecule has 0 aliphatic carbocycles. The van der Waals surface area contributed by atoms with Gasteiger partial charge in [0.2, 0.25) is 0 Å². The van der Waals surface area contributed by atoms with Gasteiger partial charge in [0, 0.05) is 0 Å². The van der Waals surface area contributed by atoms with Gasteiger partial charge < -0.3 is 5.11 Å². The van der Waals surface area contributed by atoms with E-state index in [-0.39, 0.29) is 0 Å². The van der Waals surface area contributed by atoms with E-state index in [1.54, 1.807) is 0 Å². The maximum atomic E-state index is 11.4. The van der Waals surface area contributed by atoms with E-state index in [1.807, 2.05) is 0 Å². The maximum absolute atomic E-state index is 11.4. The molecule has 0 aliphatic rings. The number of halogens is 3. The Morgan fingerprint density at radius 2 is 1.90 bits per heavy atom. The molecule has 0 saturated heterocycles. The molecule has 0 radical (unpaired) electrons. The second-order valence-electron chi connectivity index (χ2n) is 2.18. The van der Waals surface area contributed by atoms with Crippen molar-refractivity contribution in [3.8, 4) is 6.07 Å². The van der Waals surface area contributed by atoms with Gasteiger partial charge in [0.15, 0.2) is 5.60 Å². The summed E-state index contributed by atoms with van der Waals surface area (Å²) in [5, 5.41) is 16.5. The van der Waals surface area contributed by atoms with Crippen LogP contribution < -0.4 is 0 Å². The number of aliphatic hydroxyl groups is 1. The van der Waals surface area contributed by atoms with E-state index in [0.717, 1.165) is 13.0 Å². The highest BCUT2D eigenvalue weighted by Crippen LogP contribution is 2.26. The SMILES string of the molecule is CC(O)(C#N)CC(F)(F)F. The molecule has 1 atom stereocenters. The minimum atomic E-state index is -4.49. The third-order valence-electron chi connectivity index (χ3n) is 0.786. The number of rotatable bonds is 1. The fourth-order valence-electron chi connectivity index (χ4n) is 0.430. The van der Waals surface area contributed by atoms with Gasteiger partial charge in [-0.15, -0.1) is 0 Å². The Bertz CT molecular complexity index is 155. The molecular formula is C5H6F3NO. The van der Waals surface area contributed by atoms with Gasteiger partial charge in [0.25, 0.3) is 0 Å². The van der Waals surface area contributed by atoms with E-state index in [0.29, 0.717) is 0 Å². The van der Waals surface area contributed by atoms with Crippen LogP contribution in [0.5, 0.6) is 0 Å². The van der Waals surface area contributed by atoms with E-state index in [4.69, 9.17) is 10.4 Å². The van der Waals surface area contributed by atoms with Gasteiger partial charge in [-0.2, -0.15) is 18.4 Å². The molecule has 0 amide bonds. The molecule has 0 aromatic rings. The van der Waals surface area contributed by atoms with Crippen LogP contribution in [0, 0.1) is 11.3 Å². The van der Waals surface area contributed by atoms with E-state index in [1.165, 1.54) is 0 Å². The van der Waals surface area contributed by atoms with Crippen LogP contribution in [0.2, 0.25) is 0 Å². The fraction of sp³-hybridized carbons (Fsp3) is 0.800. The van der Waals surface area contributed by atoms with Gasteiger partial charge >= 0.3 is 6.18 Å². The van der Waals surface area contributed by atoms with Crippen molar-refractivity contribution in [1.82, 2.24) is 0 Å². The first kappa shape index (κ1) is 9.24. The summed E-state index contributed by atoms with van der Waals surface area (Å²) in [6.07, 6.45) is -5.98. The molecule has 0 aromatic carbocycles. The predicted octanol–water partition coefficient (Wildman–Crippen LogP) is 1.21. The summed E-state index contributed by atoms with van der Waals surface area (Å²) >= 11 is 0. The molecule has 1 N–H and O–H groups in total. The molecule has 2 nitrogen and oxygen atoms in total. The summed E-state index contributed by atoms with van der Waals surface area (Å²) in [4.78, 5) is 0. The lowest BCUT2D eigenvalue weighted by Crippen LogP contribution is -2.29. The molecule has 10 heavy (non-hydrogen) atoms. The Balaban J connectivity index is 4.05. The number of hydrogen-bond acceptors (Lipinski definition) is 2. The minimum Gasteiger partial charge on any atom is -0.375 e. The smallest absolute Gasteiger partial charge is 0.375 e. The van der Waals surface area contributed by atoms with Gasteiger partial charge in [0.05, 0.1) is 12.5 Å². The molecule has 58 valence electrons. The van der Waals surface area contributed by atoms with Crippen LogP contribution in [0.25, 0.3) is 0 Å². The van der Waals surface area contributed by atoms with Crippen LogP contribution in [0.4, 0.5) is 13.2 Å². The normalized spacial score (nSPS) is 17.6. The van der Waals surface area contributed by atoms with E-state index in [2.05, 4.69) is 0 Å². The van der Waals surface area contributed by atoms with Gasteiger partial charge in [0.1, 0.15) is 0 Å². The Hall–Kier alpha value is -0.760. The number of nitrogens with zero attached hydrogens (tertiary/aromatic N) is 1. The van der Waals surface area contributed by atoms with Crippen LogP contribution in [-0.2, 0) is 0 Å². The van der Waals surface area contributed by atoms with E-state index in [9.17, 15) is 13.2 Å². The highest BCUT2D eigenvalue weighted by Gasteiger charge is 2.38. The van der Waals surface area contributed by atoms with Crippen molar-refractivity contribution in [2.24, 2.45) is 0 Å². The second kappa shape index (κ2) is 2.46. The minimum absolute atomic E-state index is 0.820. The van der Waals surface area contributed by atoms with Crippen molar-refractivity contribution < 1.29 is 18.3 Å². The first-order valence-electron chi connectivity index (χ1n) is 2.47. The first-order chi connectivity index (χ1) is 4.27. The zero-order valence-corrected chi connectivity index (χ0v) is 5.24. The average molecular weight is 153 g/mol. The maximum Gasteiger partial charge on any atom is 0.392 e. The molecule has 0 saturated carbocycles. The molecule has 0 heterocycles. The Morgan fingerprint density at radius 1 is 1.50 bits per heavy atom. The van der Waals surface area contributed by atoms with Crippen LogP contribution in [0.1, 0.15) is 13.3 Å². The first-order valence-corrected chi connectivity index (χ1v) is 2.47. The zero-order chi connectivity index (χ0) is 8.41. The lowest BCUT2D eigenvalue weighted by molar-refractivity contribution is -0.162. The predicted molar refractivity (Wildman–Crippen MR) is 26.9 cm³/mol. The lowest BCUT2D eigenvalue weighted by atomic mass is 10.1. The number of alkyl halides is 3. The second-order valence-corrected chi connectivity index (χ2v) is 2.18. The molecule has 0 aliphatic heterocycles. The van der Waals surface area contributed by atoms with Crippen LogP contribution in [0.15, 0.2) is 0 Å². The van der Waals surface area contributed by atoms with Gasteiger partial charge in [-0.05, 0) is 6.92 Å². The van der Waals surface area contributed by atoms with Crippen LogP contribution >= 0.6 is 0 Å². The number of hydrogen-bond donors (Lipinski definition) is 1. The van der Waals surface area contributed by atoms with E-state index < -0.39 is 18.2 Å². The highest BCUT2D eigenvalue weighted by atomic mass is 19.4. The topological polar surface area (TPSA) is 44.0 Å². The molecule has 0 rings (SSSR count). The zero-order valence-electron chi connectivity index (χ0n) is 5.24. The summed E-state index contributed by atoms with van der Waals surface area (Å²) in [6.45, 7) is 0.820. The summed E-state index contributed by atoms with van der Waals surface area (Å²) in [5.74, 6) is 0. The quantitative estimate of drug-likeness (QED) is 0.575. The van der Waals surface area contributed by atoms with Crippen molar-refractivity contribution >= 4 is 0 Å². The van der Waals surface area contributed by atoms with Crippen molar-refractivity contribution in [2.75, 3.05) is 0 Å². The highest BCUT2D eigenvalue weighted by molar-refractivity contribution is 4.97. The third kappa shape index (κ3) is 4.15. The Kier molecular flexibility index (Phi) is 2.28. The molecular weight excluding hydrogens is 147 g/mol. The monoisotopic (exact) mass is 153 g/mol. The van der Waals surface area contributed by atoms with Crippen molar-refractivity contribution in [2.45, 2.75) is 25.1 Å². The fourth-order valence-corrected chi connectivity index (χ4v) is 0.430. The standard InChI is InChI=1S/C5H6F3NO/c1-4(10,3-9)2-5(6,7)8/h10H,2H2,1H3. The Morgan fingerprint density at radius 3 is 2.00 bits per heavy atom. The van der Waals surface area contributed by atoms with Crippen LogP contribution in [-0.4, -0.2) is 16.9 Å².